The number of hydrogen-bond acceptors (Lipinski definition) is 3. The van der Waals surface area contributed by atoms with Gasteiger partial charge in [0.05, 0.1) is 0 Å². The molecule has 1 aliphatic rings. The van der Waals surface area contributed by atoms with E-state index in [0.29, 0.717) is 0 Å². The third-order valence-electron chi connectivity index (χ3n) is 3.46. The van der Waals surface area contributed by atoms with Crippen LogP contribution in [0.3, 0.4) is 0 Å². The fourth-order valence-corrected chi connectivity index (χ4v) is 2.49. The zero-order chi connectivity index (χ0) is 14.4. The Balaban J connectivity index is 2.05. The maximum atomic E-state index is 12.2. The van der Waals surface area contributed by atoms with E-state index >= 15 is 0 Å². The standard InChI is InChI=1S/C15H18N2O3/c18-14(8-7-12-4-3-9-16-10-12)17(11-15(19)20)13-5-1-2-6-13/h3-4,7-10,13H,1-2,5-6,11H2,(H,19,20)/b8-7+. The summed E-state index contributed by atoms with van der Waals surface area (Å²) < 4.78 is 0. The fourth-order valence-electron chi connectivity index (χ4n) is 2.49. The van der Waals surface area contributed by atoms with Crippen LogP contribution in [0.2, 0.25) is 0 Å². The summed E-state index contributed by atoms with van der Waals surface area (Å²) in [5.41, 5.74) is 0.822. The van der Waals surface area contributed by atoms with Gasteiger partial charge in [-0.15, -0.1) is 0 Å². The maximum Gasteiger partial charge on any atom is 0.323 e. The van der Waals surface area contributed by atoms with E-state index < -0.39 is 5.97 Å². The van der Waals surface area contributed by atoms with Crippen LogP contribution in [0.1, 0.15) is 31.2 Å². The second-order valence-corrected chi connectivity index (χ2v) is 4.92. The Morgan fingerprint density at radius 2 is 2.15 bits per heavy atom. The van der Waals surface area contributed by atoms with Gasteiger partial charge in [0.1, 0.15) is 6.54 Å². The highest BCUT2D eigenvalue weighted by atomic mass is 16.4. The van der Waals surface area contributed by atoms with Crippen molar-refractivity contribution in [3.05, 3.63) is 36.2 Å². The quantitative estimate of drug-likeness (QED) is 0.833. The van der Waals surface area contributed by atoms with Crippen molar-refractivity contribution in [1.29, 1.82) is 0 Å². The lowest BCUT2D eigenvalue weighted by Crippen LogP contribution is -2.41. The van der Waals surface area contributed by atoms with Crippen molar-refractivity contribution in [2.75, 3.05) is 6.54 Å². The van der Waals surface area contributed by atoms with Crippen molar-refractivity contribution >= 4 is 18.0 Å². The van der Waals surface area contributed by atoms with E-state index in [1.165, 1.54) is 11.0 Å². The summed E-state index contributed by atoms with van der Waals surface area (Å²) in [5, 5.41) is 8.95. The Morgan fingerprint density at radius 3 is 2.75 bits per heavy atom. The molecule has 0 saturated heterocycles. The number of carboxylic acid groups (broad SMARTS) is 1. The van der Waals surface area contributed by atoms with Crippen molar-refractivity contribution in [2.45, 2.75) is 31.7 Å². The van der Waals surface area contributed by atoms with Gasteiger partial charge >= 0.3 is 5.97 Å². The highest BCUT2D eigenvalue weighted by Crippen LogP contribution is 2.23. The Labute approximate surface area is 117 Å². The largest absolute Gasteiger partial charge is 0.480 e. The molecule has 1 aliphatic carbocycles. The number of carbonyl (C=O) groups is 2. The van der Waals surface area contributed by atoms with E-state index in [9.17, 15) is 9.59 Å². The number of nitrogens with zero attached hydrogens (tertiary/aromatic N) is 2. The molecule has 0 aromatic carbocycles. The zero-order valence-corrected chi connectivity index (χ0v) is 11.2. The van der Waals surface area contributed by atoms with Gasteiger partial charge in [-0.3, -0.25) is 14.6 Å². The smallest absolute Gasteiger partial charge is 0.323 e. The van der Waals surface area contributed by atoms with Crippen LogP contribution >= 0.6 is 0 Å². The van der Waals surface area contributed by atoms with Crippen LogP contribution in [0.15, 0.2) is 30.6 Å². The molecular weight excluding hydrogens is 256 g/mol. The molecule has 2 rings (SSSR count). The summed E-state index contributed by atoms with van der Waals surface area (Å²) in [6.45, 7) is -0.235. The van der Waals surface area contributed by atoms with Crippen LogP contribution in [0.25, 0.3) is 6.08 Å². The zero-order valence-electron chi connectivity index (χ0n) is 11.2. The van der Waals surface area contributed by atoms with Crippen molar-refractivity contribution in [3.8, 4) is 0 Å². The number of pyridine rings is 1. The number of aliphatic carboxylic acids is 1. The first kappa shape index (κ1) is 14.2. The molecule has 1 amide bonds. The molecule has 5 heteroatoms. The average molecular weight is 274 g/mol. The Kier molecular flexibility index (Phi) is 4.87. The van der Waals surface area contributed by atoms with Crippen LogP contribution in [0.4, 0.5) is 0 Å². The van der Waals surface area contributed by atoms with Gasteiger partial charge < -0.3 is 10.0 Å². The molecule has 1 aromatic heterocycles. The number of rotatable bonds is 5. The second kappa shape index (κ2) is 6.84. The summed E-state index contributed by atoms with van der Waals surface area (Å²) in [6.07, 6.45) is 10.3. The minimum absolute atomic E-state index is 0.0529. The third kappa shape index (κ3) is 3.91. The average Bonchev–Trinajstić information content (AvgIpc) is 2.97. The van der Waals surface area contributed by atoms with Gasteiger partial charge in [-0.05, 0) is 30.5 Å². The van der Waals surface area contributed by atoms with Crippen LogP contribution in [-0.2, 0) is 9.59 Å². The normalized spacial score (nSPS) is 15.6. The number of carbonyl (C=O) groups excluding carboxylic acids is 1. The van der Waals surface area contributed by atoms with E-state index in [4.69, 9.17) is 5.11 Å². The Bertz CT molecular complexity index is 493. The number of hydrogen-bond donors (Lipinski definition) is 1. The van der Waals surface area contributed by atoms with Crippen molar-refractivity contribution in [2.24, 2.45) is 0 Å². The topological polar surface area (TPSA) is 70.5 Å². The minimum Gasteiger partial charge on any atom is -0.480 e. The highest BCUT2D eigenvalue weighted by Gasteiger charge is 2.26. The Morgan fingerprint density at radius 1 is 1.40 bits per heavy atom. The Hall–Kier alpha value is -2.17. The first-order valence-electron chi connectivity index (χ1n) is 6.77. The molecule has 5 nitrogen and oxygen atoms in total. The first-order valence-corrected chi connectivity index (χ1v) is 6.77. The maximum absolute atomic E-state index is 12.2. The molecule has 1 fully saturated rings. The van der Waals surface area contributed by atoms with E-state index in [2.05, 4.69) is 4.98 Å². The van der Waals surface area contributed by atoms with Gasteiger partial charge in [-0.2, -0.15) is 0 Å². The molecular formula is C15H18N2O3. The monoisotopic (exact) mass is 274 g/mol. The molecule has 0 bridgehead atoms. The highest BCUT2D eigenvalue weighted by molar-refractivity contribution is 5.93. The van der Waals surface area contributed by atoms with Gasteiger partial charge in [0, 0.05) is 24.5 Å². The third-order valence-corrected chi connectivity index (χ3v) is 3.46. The van der Waals surface area contributed by atoms with E-state index in [1.807, 2.05) is 6.07 Å². The summed E-state index contributed by atoms with van der Waals surface area (Å²) in [4.78, 5) is 28.5. The van der Waals surface area contributed by atoms with Crippen LogP contribution in [0.5, 0.6) is 0 Å². The molecule has 0 radical (unpaired) electrons. The summed E-state index contributed by atoms with van der Waals surface area (Å²) >= 11 is 0. The van der Waals surface area contributed by atoms with E-state index in [-0.39, 0.29) is 18.5 Å². The first-order chi connectivity index (χ1) is 9.66. The van der Waals surface area contributed by atoms with Gasteiger partial charge in [0.15, 0.2) is 0 Å². The van der Waals surface area contributed by atoms with Crippen LogP contribution in [-0.4, -0.2) is 39.5 Å². The molecule has 0 unspecified atom stereocenters. The van der Waals surface area contributed by atoms with Crippen LogP contribution < -0.4 is 0 Å². The predicted molar refractivity (Wildman–Crippen MR) is 74.9 cm³/mol. The molecule has 0 spiro atoms. The molecule has 1 N–H and O–H groups in total. The molecule has 1 aromatic rings. The number of amides is 1. The summed E-state index contributed by atoms with van der Waals surface area (Å²) in [5.74, 6) is -1.22. The lowest BCUT2D eigenvalue weighted by atomic mass is 10.2. The fraction of sp³-hybridized carbons (Fsp3) is 0.400. The van der Waals surface area contributed by atoms with E-state index in [0.717, 1.165) is 31.2 Å². The summed E-state index contributed by atoms with van der Waals surface area (Å²) in [6, 6.07) is 3.68. The van der Waals surface area contributed by atoms with Crippen LogP contribution in [0, 0.1) is 0 Å². The summed E-state index contributed by atoms with van der Waals surface area (Å²) in [7, 11) is 0. The lowest BCUT2D eigenvalue weighted by Gasteiger charge is -2.26. The SMILES string of the molecule is O=C(O)CN(C(=O)/C=C/c1cccnc1)C1CCCC1. The predicted octanol–water partition coefficient (Wildman–Crippen LogP) is 1.95. The lowest BCUT2D eigenvalue weighted by molar-refractivity contribution is -0.144. The minimum atomic E-state index is -0.972. The van der Waals surface area contributed by atoms with Crippen molar-refractivity contribution < 1.29 is 14.7 Å². The van der Waals surface area contributed by atoms with E-state index in [1.54, 1.807) is 24.5 Å². The molecule has 0 atom stereocenters. The van der Waals surface area contributed by atoms with Crippen molar-refractivity contribution in [1.82, 2.24) is 9.88 Å². The number of carboxylic acids is 1. The van der Waals surface area contributed by atoms with Crippen molar-refractivity contribution in [3.63, 3.8) is 0 Å². The molecule has 1 saturated carbocycles. The van der Waals surface area contributed by atoms with Gasteiger partial charge in [0.25, 0.3) is 0 Å². The van der Waals surface area contributed by atoms with Gasteiger partial charge in [-0.1, -0.05) is 18.9 Å². The molecule has 106 valence electrons. The van der Waals surface area contributed by atoms with Gasteiger partial charge in [0.2, 0.25) is 5.91 Å². The van der Waals surface area contributed by atoms with Gasteiger partial charge in [-0.25, -0.2) is 0 Å². The number of aromatic nitrogens is 1. The second-order valence-electron chi connectivity index (χ2n) is 4.92. The molecule has 1 heterocycles. The molecule has 0 aliphatic heterocycles. The molecule has 20 heavy (non-hydrogen) atoms.